The summed E-state index contributed by atoms with van der Waals surface area (Å²) >= 11 is 1.43. The van der Waals surface area contributed by atoms with E-state index in [2.05, 4.69) is 9.71 Å². The van der Waals surface area contributed by atoms with E-state index < -0.39 is 22.0 Å². The lowest BCUT2D eigenvalue weighted by Gasteiger charge is -2.22. The molecular weight excluding hydrogens is 440 g/mol. The fourth-order valence-corrected chi connectivity index (χ4v) is 5.32. The number of benzene rings is 2. The van der Waals surface area contributed by atoms with E-state index in [0.29, 0.717) is 29.7 Å². The molecule has 0 radical (unpaired) electrons. The Balaban J connectivity index is 1.46. The van der Waals surface area contributed by atoms with Gasteiger partial charge in [0.1, 0.15) is 30.9 Å². The van der Waals surface area contributed by atoms with Gasteiger partial charge in [-0.25, -0.2) is 13.4 Å². The molecule has 10 heteroatoms. The van der Waals surface area contributed by atoms with E-state index in [1.807, 2.05) is 24.3 Å². The molecule has 1 aliphatic rings. The molecule has 4 rings (SSSR count). The largest absolute Gasteiger partial charge is 0.486 e. The summed E-state index contributed by atoms with van der Waals surface area (Å²) in [5.74, 6) is -0.139. The van der Waals surface area contributed by atoms with Crippen molar-refractivity contribution in [3.63, 3.8) is 0 Å². The number of ether oxygens (including phenoxy) is 3. The molecule has 2 heterocycles. The monoisotopic (exact) mass is 462 g/mol. The molecule has 0 amide bonds. The summed E-state index contributed by atoms with van der Waals surface area (Å²) in [6.45, 7) is 4.23. The highest BCUT2D eigenvalue weighted by molar-refractivity contribution is 7.89. The van der Waals surface area contributed by atoms with E-state index in [0.717, 1.165) is 10.2 Å². The van der Waals surface area contributed by atoms with E-state index in [9.17, 15) is 13.2 Å². The number of sulfonamides is 1. The van der Waals surface area contributed by atoms with Gasteiger partial charge in [-0.05, 0) is 30.2 Å². The van der Waals surface area contributed by atoms with E-state index in [1.54, 1.807) is 19.9 Å². The quantitative estimate of drug-likeness (QED) is 0.538. The molecule has 31 heavy (non-hydrogen) atoms. The summed E-state index contributed by atoms with van der Waals surface area (Å²) in [6, 6.07) is 10.9. The maximum atomic E-state index is 12.9. The summed E-state index contributed by atoms with van der Waals surface area (Å²) in [7, 11) is -3.99. The number of esters is 1. The van der Waals surface area contributed by atoms with Crippen LogP contribution in [0.15, 0.2) is 47.4 Å². The fraction of sp³-hybridized carbons (Fsp3) is 0.333. The van der Waals surface area contributed by atoms with Crippen molar-refractivity contribution < 1.29 is 27.4 Å². The van der Waals surface area contributed by atoms with Crippen LogP contribution in [-0.2, 0) is 26.2 Å². The van der Waals surface area contributed by atoms with Gasteiger partial charge < -0.3 is 14.2 Å². The van der Waals surface area contributed by atoms with Crippen molar-refractivity contribution in [3.8, 4) is 11.5 Å². The van der Waals surface area contributed by atoms with Crippen LogP contribution in [0.1, 0.15) is 18.9 Å². The number of rotatable bonds is 7. The number of hydrogen-bond acceptors (Lipinski definition) is 8. The number of fused-ring (bicyclic) bond motifs is 2. The van der Waals surface area contributed by atoms with Gasteiger partial charge in [-0.15, -0.1) is 11.3 Å². The number of thiazole rings is 1. The smallest absolute Gasteiger partial charge is 0.324 e. The first kappa shape index (κ1) is 21.5. The fourth-order valence-electron chi connectivity index (χ4n) is 3.09. The molecule has 0 bridgehead atoms. The van der Waals surface area contributed by atoms with Gasteiger partial charge in [0.2, 0.25) is 10.0 Å². The van der Waals surface area contributed by atoms with Crippen molar-refractivity contribution in [2.75, 3.05) is 13.2 Å². The van der Waals surface area contributed by atoms with Crippen molar-refractivity contribution >= 4 is 37.5 Å². The molecule has 1 atom stereocenters. The minimum absolute atomic E-state index is 0.0126. The van der Waals surface area contributed by atoms with Crippen LogP contribution in [0.25, 0.3) is 10.2 Å². The summed E-state index contributed by atoms with van der Waals surface area (Å²) < 4.78 is 45.5. The molecule has 0 spiro atoms. The van der Waals surface area contributed by atoms with Crippen molar-refractivity contribution in [2.45, 2.75) is 31.4 Å². The number of aromatic nitrogens is 1. The predicted octanol–water partition coefficient (Wildman–Crippen LogP) is 3.11. The lowest BCUT2D eigenvalue weighted by atomic mass is 10.1. The zero-order valence-corrected chi connectivity index (χ0v) is 18.7. The highest BCUT2D eigenvalue weighted by Gasteiger charge is 2.30. The Morgan fingerprint density at radius 3 is 2.65 bits per heavy atom. The van der Waals surface area contributed by atoms with Gasteiger partial charge in [0, 0.05) is 6.07 Å². The zero-order chi connectivity index (χ0) is 22.0. The second-order valence-corrected chi connectivity index (χ2v) is 10.2. The molecule has 0 aliphatic carbocycles. The third-order valence-corrected chi connectivity index (χ3v) is 7.15. The molecule has 164 valence electrons. The minimum atomic E-state index is -3.99. The normalized spacial score (nSPS) is 14.5. The van der Waals surface area contributed by atoms with Crippen LogP contribution in [0.4, 0.5) is 0 Å². The molecule has 3 aromatic rings. The van der Waals surface area contributed by atoms with Crippen LogP contribution in [-0.4, -0.2) is 38.6 Å². The molecular formula is C21H22N2O6S2. The molecule has 2 aromatic carbocycles. The maximum absolute atomic E-state index is 12.9. The number of hydrogen-bond donors (Lipinski definition) is 1. The van der Waals surface area contributed by atoms with Gasteiger partial charge in [0.05, 0.1) is 15.1 Å². The van der Waals surface area contributed by atoms with E-state index in [-0.39, 0.29) is 17.4 Å². The van der Waals surface area contributed by atoms with Crippen molar-refractivity contribution in [1.82, 2.24) is 9.71 Å². The third-order valence-electron chi connectivity index (χ3n) is 4.70. The van der Waals surface area contributed by atoms with Crippen molar-refractivity contribution in [2.24, 2.45) is 5.92 Å². The van der Waals surface area contributed by atoms with Crippen molar-refractivity contribution in [1.29, 1.82) is 0 Å². The molecule has 0 fully saturated rings. The molecule has 1 aliphatic heterocycles. The van der Waals surface area contributed by atoms with Crippen LogP contribution in [0.5, 0.6) is 11.5 Å². The zero-order valence-electron chi connectivity index (χ0n) is 17.0. The summed E-state index contributed by atoms with van der Waals surface area (Å²) in [6.07, 6.45) is 0. The number of nitrogens with zero attached hydrogens (tertiary/aromatic N) is 1. The van der Waals surface area contributed by atoms with Gasteiger partial charge in [0.25, 0.3) is 0 Å². The average Bonchev–Trinajstić information content (AvgIpc) is 3.18. The Labute approximate surface area is 184 Å². The summed E-state index contributed by atoms with van der Waals surface area (Å²) in [4.78, 5) is 17.1. The molecule has 0 unspecified atom stereocenters. The Morgan fingerprint density at radius 2 is 1.90 bits per heavy atom. The van der Waals surface area contributed by atoms with Crippen LogP contribution >= 0.6 is 11.3 Å². The highest BCUT2D eigenvalue weighted by Crippen LogP contribution is 2.32. The Bertz CT molecular complexity index is 1170. The maximum Gasteiger partial charge on any atom is 0.324 e. The van der Waals surface area contributed by atoms with Crippen LogP contribution in [0.2, 0.25) is 0 Å². The van der Waals surface area contributed by atoms with Gasteiger partial charge in [-0.2, -0.15) is 4.72 Å². The first-order valence-corrected chi connectivity index (χ1v) is 12.1. The Morgan fingerprint density at radius 1 is 1.16 bits per heavy atom. The summed E-state index contributed by atoms with van der Waals surface area (Å²) in [5.41, 5.74) is 0.832. The SMILES string of the molecule is CC(C)[C@H](NS(=O)(=O)c1ccc2c(c1)OCCO2)C(=O)OCc1nc2ccccc2s1. The molecule has 8 nitrogen and oxygen atoms in total. The Hall–Kier alpha value is -2.69. The molecule has 1 N–H and O–H groups in total. The molecule has 1 aromatic heterocycles. The van der Waals surface area contributed by atoms with Gasteiger partial charge >= 0.3 is 5.97 Å². The van der Waals surface area contributed by atoms with E-state index >= 15 is 0 Å². The van der Waals surface area contributed by atoms with Gasteiger partial charge in [-0.1, -0.05) is 26.0 Å². The molecule has 0 saturated carbocycles. The topological polar surface area (TPSA) is 104 Å². The number of para-hydroxylation sites is 1. The second-order valence-electron chi connectivity index (χ2n) is 7.33. The number of carbonyl (C=O) groups is 1. The Kier molecular flexibility index (Phi) is 6.12. The first-order chi connectivity index (χ1) is 14.8. The van der Waals surface area contributed by atoms with E-state index in [4.69, 9.17) is 14.2 Å². The van der Waals surface area contributed by atoms with Crippen molar-refractivity contribution in [3.05, 3.63) is 47.5 Å². The second kappa shape index (κ2) is 8.81. The van der Waals surface area contributed by atoms with Gasteiger partial charge in [0.15, 0.2) is 11.5 Å². The van der Waals surface area contributed by atoms with Gasteiger partial charge in [-0.3, -0.25) is 4.79 Å². The lowest BCUT2D eigenvalue weighted by Crippen LogP contribution is -2.45. The number of carbonyl (C=O) groups excluding carboxylic acids is 1. The van der Waals surface area contributed by atoms with Crippen LogP contribution in [0, 0.1) is 5.92 Å². The first-order valence-electron chi connectivity index (χ1n) is 9.76. The summed E-state index contributed by atoms with van der Waals surface area (Å²) in [5, 5.41) is 0.645. The van der Waals surface area contributed by atoms with E-state index in [1.165, 1.54) is 23.5 Å². The highest BCUT2D eigenvalue weighted by atomic mass is 32.2. The average molecular weight is 463 g/mol. The van der Waals surface area contributed by atoms with Crippen LogP contribution < -0.4 is 14.2 Å². The third kappa shape index (κ3) is 4.81. The lowest BCUT2D eigenvalue weighted by molar-refractivity contribution is -0.148. The molecule has 0 saturated heterocycles. The number of nitrogens with one attached hydrogen (secondary N) is 1. The predicted molar refractivity (Wildman–Crippen MR) is 116 cm³/mol. The minimum Gasteiger partial charge on any atom is -0.486 e. The van der Waals surface area contributed by atoms with Crippen LogP contribution in [0.3, 0.4) is 0 Å². The standard InChI is InChI=1S/C21H22N2O6S2/c1-13(2)20(21(24)29-12-19-22-15-5-3-4-6-18(15)30-19)23-31(25,26)14-7-8-16-17(11-14)28-10-9-27-16/h3-8,11,13,20,23H,9-10,12H2,1-2H3/t20-/m0/s1.